The van der Waals surface area contributed by atoms with Gasteiger partial charge in [-0.2, -0.15) is 0 Å². The molecule has 150 valence electrons. The smallest absolute Gasteiger partial charge is 0.522 e. The molecule has 3 rings (SSSR count). The van der Waals surface area contributed by atoms with Crippen molar-refractivity contribution in [2.24, 2.45) is 11.5 Å². The molecule has 0 saturated carbocycles. The first-order chi connectivity index (χ1) is 13.3. The highest BCUT2D eigenvalue weighted by Gasteiger charge is 2.35. The van der Waals surface area contributed by atoms with Crippen molar-refractivity contribution >= 4 is 24.9 Å². The van der Waals surface area contributed by atoms with Crippen molar-refractivity contribution in [3.8, 4) is 11.5 Å². The Morgan fingerprint density at radius 3 is 2.71 bits per heavy atom. The molecule has 1 aromatic carbocycles. The van der Waals surface area contributed by atoms with Crippen LogP contribution in [0.4, 0.5) is 0 Å². The number of primary amides is 1. The van der Waals surface area contributed by atoms with Crippen LogP contribution in [0.5, 0.6) is 11.5 Å². The highest BCUT2D eigenvalue weighted by molar-refractivity contribution is 6.44. The fourth-order valence-electron chi connectivity index (χ4n) is 3.19. The first-order valence-corrected chi connectivity index (χ1v) is 8.99. The molecule has 0 spiro atoms. The summed E-state index contributed by atoms with van der Waals surface area (Å²) in [5.74, 6) is -1.79. The Morgan fingerprint density at radius 2 is 2.07 bits per heavy atom. The van der Waals surface area contributed by atoms with Gasteiger partial charge in [0.15, 0.2) is 0 Å². The van der Waals surface area contributed by atoms with Crippen molar-refractivity contribution in [3.63, 3.8) is 0 Å². The summed E-state index contributed by atoms with van der Waals surface area (Å²) in [6, 6.07) is 2.43. The van der Waals surface area contributed by atoms with Gasteiger partial charge in [-0.3, -0.25) is 9.59 Å². The number of nitrogens with two attached hydrogens (primary N) is 2. The minimum atomic E-state index is -1.21. The number of hydrogen-bond acceptors (Lipinski definition) is 7. The molecule has 1 saturated heterocycles. The first kappa shape index (κ1) is 20.0. The van der Waals surface area contributed by atoms with Crippen molar-refractivity contribution < 1.29 is 33.9 Å². The largest absolute Gasteiger partial charge is 0.535 e. The van der Waals surface area contributed by atoms with Crippen LogP contribution in [-0.4, -0.2) is 65.2 Å². The van der Waals surface area contributed by atoms with E-state index in [1.54, 1.807) is 12.1 Å². The molecule has 0 bridgehead atoms. The summed E-state index contributed by atoms with van der Waals surface area (Å²) in [5, 5.41) is 19.2. The predicted molar refractivity (Wildman–Crippen MR) is 97.9 cm³/mol. The monoisotopic (exact) mass is 391 g/mol. The van der Waals surface area contributed by atoms with E-state index in [-0.39, 0.29) is 41.9 Å². The topological polar surface area (TPSA) is 165 Å². The van der Waals surface area contributed by atoms with Gasteiger partial charge in [-0.15, -0.1) is 0 Å². The number of ether oxygens (including phenoxy) is 1. The molecule has 10 nitrogen and oxygen atoms in total. The van der Waals surface area contributed by atoms with E-state index in [2.05, 4.69) is 0 Å². The number of carbonyl (C=O) groups is 3. The fourth-order valence-corrected chi connectivity index (χ4v) is 3.19. The van der Waals surface area contributed by atoms with E-state index in [0.717, 1.165) is 0 Å². The molecule has 1 aromatic rings. The molecule has 2 amide bonds. The Morgan fingerprint density at radius 1 is 1.36 bits per heavy atom. The third kappa shape index (κ3) is 4.20. The van der Waals surface area contributed by atoms with E-state index < -0.39 is 25.0 Å². The highest BCUT2D eigenvalue weighted by Crippen LogP contribution is 2.37. The zero-order valence-corrected chi connectivity index (χ0v) is 15.2. The summed E-state index contributed by atoms with van der Waals surface area (Å²) in [7, 11) is -1.05. The van der Waals surface area contributed by atoms with Crippen LogP contribution in [0.2, 0.25) is 6.32 Å². The van der Waals surface area contributed by atoms with Crippen LogP contribution >= 0.6 is 0 Å². The van der Waals surface area contributed by atoms with Gasteiger partial charge in [0.1, 0.15) is 23.2 Å². The van der Waals surface area contributed by atoms with Crippen molar-refractivity contribution in [1.29, 1.82) is 0 Å². The number of rotatable bonds is 7. The molecular formula is C17H22BN3O7. The summed E-state index contributed by atoms with van der Waals surface area (Å²) in [4.78, 5) is 36.2. The minimum Gasteiger partial charge on any atom is -0.535 e. The molecule has 1 atom stereocenters. The lowest BCUT2D eigenvalue weighted by Gasteiger charge is -2.39. The van der Waals surface area contributed by atoms with Crippen molar-refractivity contribution in [2.75, 3.05) is 13.1 Å². The highest BCUT2D eigenvalue weighted by atomic mass is 16.5. The molecule has 2 aliphatic rings. The Hall–Kier alpha value is -2.79. The number of carboxylic acids is 1. The molecule has 0 radical (unpaired) electrons. The summed E-state index contributed by atoms with van der Waals surface area (Å²) >= 11 is 0. The normalized spacial score (nSPS) is 17.2. The third-order valence-electron chi connectivity index (χ3n) is 4.86. The van der Waals surface area contributed by atoms with Crippen LogP contribution in [0, 0.1) is 0 Å². The number of nitrogens with zero attached hydrogens (tertiary/aromatic N) is 1. The van der Waals surface area contributed by atoms with E-state index in [4.69, 9.17) is 20.9 Å². The van der Waals surface area contributed by atoms with Crippen LogP contribution in [0.1, 0.15) is 28.8 Å². The second-order valence-corrected chi connectivity index (χ2v) is 6.93. The molecule has 0 aromatic heterocycles. The zero-order valence-electron chi connectivity index (χ0n) is 15.2. The SMILES string of the molecule is NC(=O)[C@@H](N)CCC(=O)N1CC(Oc2ccc3c(c2C(=O)O)OB(O)CC3)C1. The standard InChI is InChI=1S/C17H22BN3O7/c19-11(16(20)23)2-4-13(22)21-7-10(8-21)27-12-3-1-9-5-6-18(26)28-15(9)14(12)17(24)25/h1,3,10-11,26H,2,4-8,19H2,(H2,20,23)(H,24,25)/t11-/m0/s1. The van der Waals surface area contributed by atoms with Crippen molar-refractivity contribution in [2.45, 2.75) is 37.7 Å². The Labute approximate surface area is 161 Å². The fraction of sp³-hybridized carbons (Fsp3) is 0.471. The third-order valence-corrected chi connectivity index (χ3v) is 4.86. The van der Waals surface area contributed by atoms with Gasteiger partial charge < -0.3 is 35.9 Å². The number of amides is 2. The van der Waals surface area contributed by atoms with Gasteiger partial charge in [0.05, 0.1) is 19.1 Å². The van der Waals surface area contributed by atoms with Gasteiger partial charge >= 0.3 is 13.1 Å². The van der Waals surface area contributed by atoms with E-state index in [1.807, 2.05) is 0 Å². The number of carboxylic acid groups (broad SMARTS) is 1. The van der Waals surface area contributed by atoms with Crippen LogP contribution in [-0.2, 0) is 16.0 Å². The van der Waals surface area contributed by atoms with Crippen LogP contribution in [0.25, 0.3) is 0 Å². The maximum absolute atomic E-state index is 12.1. The number of aromatic carboxylic acids is 1. The molecule has 6 N–H and O–H groups in total. The number of aryl methyl sites for hydroxylation is 1. The van der Waals surface area contributed by atoms with Gasteiger partial charge in [0, 0.05) is 6.42 Å². The molecular weight excluding hydrogens is 369 g/mol. The maximum Gasteiger partial charge on any atom is 0.522 e. The molecule has 11 heteroatoms. The minimum absolute atomic E-state index is 0.0990. The molecule has 0 aliphatic carbocycles. The van der Waals surface area contributed by atoms with E-state index in [1.165, 1.54) is 4.90 Å². The van der Waals surface area contributed by atoms with Crippen LogP contribution < -0.4 is 20.9 Å². The second kappa shape index (κ2) is 8.07. The Kier molecular flexibility index (Phi) is 5.75. The van der Waals surface area contributed by atoms with E-state index in [0.29, 0.717) is 31.4 Å². The summed E-state index contributed by atoms with van der Waals surface area (Å²) < 4.78 is 11.1. The average Bonchev–Trinajstić information content (AvgIpc) is 2.60. The second-order valence-electron chi connectivity index (χ2n) is 6.93. The Bertz CT molecular complexity index is 797. The summed E-state index contributed by atoms with van der Waals surface area (Å²) in [6.45, 7) is 0.592. The van der Waals surface area contributed by atoms with E-state index in [9.17, 15) is 24.5 Å². The number of carbonyl (C=O) groups excluding carboxylic acids is 2. The van der Waals surface area contributed by atoms with Crippen LogP contribution in [0.3, 0.4) is 0 Å². The van der Waals surface area contributed by atoms with Crippen LogP contribution in [0.15, 0.2) is 12.1 Å². The van der Waals surface area contributed by atoms with Gasteiger partial charge in [0.25, 0.3) is 0 Å². The molecule has 2 heterocycles. The molecule has 2 aliphatic heterocycles. The van der Waals surface area contributed by atoms with E-state index >= 15 is 0 Å². The summed E-state index contributed by atoms with van der Waals surface area (Å²) in [6.07, 6.45) is 0.811. The number of likely N-dealkylation sites (tertiary alicyclic amines) is 1. The quantitative estimate of drug-likeness (QED) is 0.429. The molecule has 0 unspecified atom stereocenters. The predicted octanol–water partition coefficient (Wildman–Crippen LogP) is -1.02. The van der Waals surface area contributed by atoms with Crippen molar-refractivity contribution in [1.82, 2.24) is 4.90 Å². The van der Waals surface area contributed by atoms with Gasteiger partial charge in [0.2, 0.25) is 11.8 Å². The average molecular weight is 391 g/mol. The lowest BCUT2D eigenvalue weighted by atomic mass is 9.78. The zero-order chi connectivity index (χ0) is 20.4. The molecule has 28 heavy (non-hydrogen) atoms. The first-order valence-electron chi connectivity index (χ1n) is 8.99. The molecule has 1 fully saturated rings. The van der Waals surface area contributed by atoms with Gasteiger partial charge in [-0.05, 0) is 30.8 Å². The number of hydrogen-bond donors (Lipinski definition) is 4. The lowest BCUT2D eigenvalue weighted by Crippen LogP contribution is -2.56. The number of benzene rings is 1. The van der Waals surface area contributed by atoms with Crippen molar-refractivity contribution in [3.05, 3.63) is 23.3 Å². The number of fused-ring (bicyclic) bond motifs is 1. The summed E-state index contributed by atoms with van der Waals surface area (Å²) in [5.41, 5.74) is 11.1. The lowest BCUT2D eigenvalue weighted by molar-refractivity contribution is -0.140. The maximum atomic E-state index is 12.1. The van der Waals surface area contributed by atoms with Gasteiger partial charge in [-0.25, -0.2) is 4.79 Å². The Balaban J connectivity index is 1.60. The van der Waals surface area contributed by atoms with Gasteiger partial charge in [-0.1, -0.05) is 6.07 Å².